The highest BCUT2D eigenvalue weighted by molar-refractivity contribution is 5.77. The van der Waals surface area contributed by atoms with Gasteiger partial charge in [0.25, 0.3) is 0 Å². The maximum absolute atomic E-state index is 12.0. The van der Waals surface area contributed by atoms with Crippen molar-refractivity contribution in [3.63, 3.8) is 0 Å². The van der Waals surface area contributed by atoms with Crippen LogP contribution in [0.25, 0.3) is 0 Å². The Morgan fingerprint density at radius 3 is 2.75 bits per heavy atom. The summed E-state index contributed by atoms with van der Waals surface area (Å²) in [6, 6.07) is 0.459. The van der Waals surface area contributed by atoms with Gasteiger partial charge in [-0.25, -0.2) is 0 Å². The highest BCUT2D eigenvalue weighted by atomic mass is 16.5. The highest BCUT2D eigenvalue weighted by Crippen LogP contribution is 2.29. The molecule has 2 fully saturated rings. The number of ether oxygens (including phenoxy) is 1. The minimum Gasteiger partial charge on any atom is -0.381 e. The Hall–Kier alpha value is -0.610. The van der Waals surface area contributed by atoms with Crippen LogP contribution >= 0.6 is 0 Å². The van der Waals surface area contributed by atoms with Gasteiger partial charge in [0.1, 0.15) is 0 Å². The summed E-state index contributed by atoms with van der Waals surface area (Å²) >= 11 is 0. The van der Waals surface area contributed by atoms with Gasteiger partial charge < -0.3 is 15.4 Å². The molecule has 0 spiro atoms. The van der Waals surface area contributed by atoms with Gasteiger partial charge in [-0.2, -0.15) is 0 Å². The lowest BCUT2D eigenvalue weighted by Crippen LogP contribution is -2.39. The van der Waals surface area contributed by atoms with Gasteiger partial charge in [-0.15, -0.1) is 0 Å². The van der Waals surface area contributed by atoms with E-state index in [1.54, 1.807) is 0 Å². The third kappa shape index (κ3) is 3.19. The summed E-state index contributed by atoms with van der Waals surface area (Å²) in [6.45, 7) is 4.43. The molecule has 2 unspecified atom stereocenters. The molecule has 2 N–H and O–H groups in total. The molecule has 4 heteroatoms. The number of rotatable bonds is 5. The summed E-state index contributed by atoms with van der Waals surface area (Å²) in [5.41, 5.74) is 5.69. The number of nitrogens with zero attached hydrogens (tertiary/aromatic N) is 1. The molecule has 2 aliphatic rings. The zero-order valence-electron chi connectivity index (χ0n) is 10.0. The molecule has 1 aliphatic carbocycles. The van der Waals surface area contributed by atoms with E-state index < -0.39 is 0 Å². The standard InChI is InChI=1S/C12H22N2O2/c1-9(13)6-12(15)14(11-2-3-11)7-10-4-5-16-8-10/h9-11H,2-8,13H2,1H3. The highest BCUT2D eigenvalue weighted by Gasteiger charge is 2.34. The number of amides is 1. The summed E-state index contributed by atoms with van der Waals surface area (Å²) in [6.07, 6.45) is 3.90. The Morgan fingerprint density at radius 2 is 2.25 bits per heavy atom. The van der Waals surface area contributed by atoms with E-state index >= 15 is 0 Å². The molecular weight excluding hydrogens is 204 g/mol. The maximum atomic E-state index is 12.0. The lowest BCUT2D eigenvalue weighted by molar-refractivity contribution is -0.132. The molecule has 0 aromatic rings. The second kappa shape index (κ2) is 5.15. The van der Waals surface area contributed by atoms with Crippen molar-refractivity contribution in [3.8, 4) is 0 Å². The van der Waals surface area contributed by atoms with Gasteiger partial charge in [0.15, 0.2) is 0 Å². The predicted octanol–water partition coefficient (Wildman–Crippen LogP) is 0.751. The molecule has 1 heterocycles. The van der Waals surface area contributed by atoms with Gasteiger partial charge >= 0.3 is 0 Å². The van der Waals surface area contributed by atoms with Crippen molar-refractivity contribution in [2.45, 2.75) is 44.7 Å². The fourth-order valence-electron chi connectivity index (χ4n) is 2.24. The Balaban J connectivity index is 1.86. The fourth-order valence-corrected chi connectivity index (χ4v) is 2.24. The Bertz CT molecular complexity index is 245. The van der Waals surface area contributed by atoms with E-state index in [-0.39, 0.29) is 11.9 Å². The molecule has 2 rings (SSSR count). The summed E-state index contributed by atoms with van der Waals surface area (Å²) in [7, 11) is 0. The van der Waals surface area contributed by atoms with Crippen LogP contribution in [0.2, 0.25) is 0 Å². The van der Waals surface area contributed by atoms with Crippen LogP contribution in [0, 0.1) is 5.92 Å². The van der Waals surface area contributed by atoms with Gasteiger partial charge in [-0.1, -0.05) is 0 Å². The molecular formula is C12H22N2O2. The number of nitrogens with two attached hydrogens (primary N) is 1. The SMILES string of the molecule is CC(N)CC(=O)N(CC1CCOC1)C1CC1. The van der Waals surface area contributed by atoms with E-state index in [1.165, 1.54) is 0 Å². The zero-order valence-corrected chi connectivity index (χ0v) is 10.0. The van der Waals surface area contributed by atoms with Gasteiger partial charge in [-0.05, 0) is 26.2 Å². The first-order valence-corrected chi connectivity index (χ1v) is 6.29. The van der Waals surface area contributed by atoms with Gasteiger partial charge in [0, 0.05) is 37.6 Å². The van der Waals surface area contributed by atoms with Gasteiger partial charge in [0.2, 0.25) is 5.91 Å². The second-order valence-electron chi connectivity index (χ2n) is 5.19. The minimum absolute atomic E-state index is 0.0337. The monoisotopic (exact) mass is 226 g/mol. The maximum Gasteiger partial charge on any atom is 0.224 e. The van der Waals surface area contributed by atoms with E-state index in [2.05, 4.69) is 0 Å². The van der Waals surface area contributed by atoms with Crippen molar-refractivity contribution in [2.75, 3.05) is 19.8 Å². The molecule has 0 aromatic carbocycles. The van der Waals surface area contributed by atoms with Crippen LogP contribution in [0.3, 0.4) is 0 Å². The van der Waals surface area contributed by atoms with E-state index in [0.29, 0.717) is 18.4 Å². The average molecular weight is 226 g/mol. The van der Waals surface area contributed by atoms with E-state index in [9.17, 15) is 4.79 Å². The molecule has 16 heavy (non-hydrogen) atoms. The Labute approximate surface area is 97.1 Å². The lowest BCUT2D eigenvalue weighted by Gasteiger charge is -2.25. The van der Waals surface area contributed by atoms with Crippen molar-refractivity contribution < 1.29 is 9.53 Å². The number of carbonyl (C=O) groups is 1. The molecule has 0 radical (unpaired) electrons. The normalized spacial score (nSPS) is 26.8. The zero-order chi connectivity index (χ0) is 11.5. The minimum atomic E-state index is -0.0337. The molecule has 0 aromatic heterocycles. The van der Waals surface area contributed by atoms with Crippen LogP contribution < -0.4 is 5.73 Å². The second-order valence-corrected chi connectivity index (χ2v) is 5.19. The Morgan fingerprint density at radius 1 is 1.50 bits per heavy atom. The van der Waals surface area contributed by atoms with Crippen LogP contribution in [-0.4, -0.2) is 42.6 Å². The van der Waals surface area contributed by atoms with Crippen LogP contribution in [0.5, 0.6) is 0 Å². The van der Waals surface area contributed by atoms with Crippen molar-refractivity contribution in [3.05, 3.63) is 0 Å². The van der Waals surface area contributed by atoms with Crippen LogP contribution in [0.4, 0.5) is 0 Å². The van der Waals surface area contributed by atoms with E-state index in [4.69, 9.17) is 10.5 Å². The lowest BCUT2D eigenvalue weighted by atomic mass is 10.1. The quantitative estimate of drug-likeness (QED) is 0.752. The van der Waals surface area contributed by atoms with Crippen LogP contribution in [0.15, 0.2) is 0 Å². The first-order chi connectivity index (χ1) is 7.66. The molecule has 4 nitrogen and oxygen atoms in total. The molecule has 2 atom stereocenters. The summed E-state index contributed by atoms with van der Waals surface area (Å²) in [5, 5.41) is 0. The molecule has 92 valence electrons. The van der Waals surface area contributed by atoms with Crippen molar-refractivity contribution in [2.24, 2.45) is 11.7 Å². The Kier molecular flexibility index (Phi) is 3.82. The third-order valence-corrected chi connectivity index (χ3v) is 3.28. The fraction of sp³-hybridized carbons (Fsp3) is 0.917. The average Bonchev–Trinajstić information content (AvgIpc) is 2.91. The van der Waals surface area contributed by atoms with Crippen molar-refractivity contribution in [1.82, 2.24) is 4.90 Å². The van der Waals surface area contributed by atoms with Gasteiger partial charge in [0.05, 0.1) is 6.61 Å². The van der Waals surface area contributed by atoms with E-state index in [1.807, 2.05) is 11.8 Å². The van der Waals surface area contributed by atoms with Crippen LogP contribution in [0.1, 0.15) is 32.6 Å². The first kappa shape index (κ1) is 11.9. The van der Waals surface area contributed by atoms with Crippen LogP contribution in [-0.2, 0) is 9.53 Å². The van der Waals surface area contributed by atoms with Crippen molar-refractivity contribution >= 4 is 5.91 Å². The topological polar surface area (TPSA) is 55.6 Å². The summed E-state index contributed by atoms with van der Waals surface area (Å²) in [5.74, 6) is 0.766. The molecule has 1 saturated heterocycles. The molecule has 1 saturated carbocycles. The third-order valence-electron chi connectivity index (χ3n) is 3.28. The summed E-state index contributed by atoms with van der Waals surface area (Å²) < 4.78 is 5.36. The molecule has 0 bridgehead atoms. The van der Waals surface area contributed by atoms with E-state index in [0.717, 1.165) is 39.0 Å². The molecule has 1 aliphatic heterocycles. The first-order valence-electron chi connectivity index (χ1n) is 6.29. The summed E-state index contributed by atoms with van der Waals surface area (Å²) in [4.78, 5) is 14.1. The van der Waals surface area contributed by atoms with Crippen molar-refractivity contribution in [1.29, 1.82) is 0 Å². The number of hydrogen-bond acceptors (Lipinski definition) is 3. The predicted molar refractivity (Wildman–Crippen MR) is 61.9 cm³/mol. The molecule has 1 amide bonds. The number of hydrogen-bond donors (Lipinski definition) is 1. The largest absolute Gasteiger partial charge is 0.381 e. The van der Waals surface area contributed by atoms with Gasteiger partial charge in [-0.3, -0.25) is 4.79 Å². The smallest absolute Gasteiger partial charge is 0.224 e. The number of carbonyl (C=O) groups excluding carboxylic acids is 1.